The van der Waals surface area contributed by atoms with Crippen LogP contribution in [0.1, 0.15) is 40.0 Å². The van der Waals surface area contributed by atoms with E-state index in [2.05, 4.69) is 11.4 Å². The van der Waals surface area contributed by atoms with Crippen LogP contribution < -0.4 is 9.62 Å². The highest BCUT2D eigenvalue weighted by molar-refractivity contribution is 7.94. The molecule has 152 valence electrons. The topological polar surface area (TPSA) is 66.5 Å². The molecule has 0 spiro atoms. The van der Waals surface area contributed by atoms with Crippen molar-refractivity contribution in [2.45, 2.75) is 31.0 Å². The number of carbonyl (C=O) groups is 1. The van der Waals surface area contributed by atoms with Gasteiger partial charge in [-0.1, -0.05) is 29.8 Å². The van der Waals surface area contributed by atoms with Crippen molar-refractivity contribution in [3.63, 3.8) is 0 Å². The number of carbonyl (C=O) groups excluding carboxylic acids is 1. The van der Waals surface area contributed by atoms with Gasteiger partial charge in [0.25, 0.3) is 15.9 Å². The molecule has 1 aromatic heterocycles. The van der Waals surface area contributed by atoms with Crippen LogP contribution in [0.4, 0.5) is 5.69 Å². The molecule has 0 saturated heterocycles. The highest BCUT2D eigenvalue weighted by Crippen LogP contribution is 2.25. The molecule has 3 rings (SSSR count). The average molecular weight is 429 g/mol. The van der Waals surface area contributed by atoms with Crippen LogP contribution in [0.2, 0.25) is 0 Å². The minimum atomic E-state index is -3.59. The van der Waals surface area contributed by atoms with Gasteiger partial charge in [-0.2, -0.15) is 0 Å². The summed E-state index contributed by atoms with van der Waals surface area (Å²) in [4.78, 5) is 12.6. The van der Waals surface area contributed by atoms with Crippen molar-refractivity contribution in [1.29, 1.82) is 0 Å². The molecule has 1 amide bonds. The molecule has 0 aliphatic heterocycles. The van der Waals surface area contributed by atoms with Crippen molar-refractivity contribution < 1.29 is 13.2 Å². The van der Waals surface area contributed by atoms with Gasteiger partial charge in [0.05, 0.1) is 11.7 Å². The average Bonchev–Trinajstić information content (AvgIpc) is 3.25. The van der Waals surface area contributed by atoms with E-state index in [0.717, 1.165) is 16.7 Å². The van der Waals surface area contributed by atoms with Gasteiger partial charge in [-0.3, -0.25) is 9.10 Å². The van der Waals surface area contributed by atoms with Crippen LogP contribution in [0.5, 0.6) is 0 Å². The van der Waals surface area contributed by atoms with Crippen molar-refractivity contribution in [1.82, 2.24) is 5.32 Å². The standard InChI is InChI=1S/C22H24N2O3S2/c1-15-7-8-16(2)20(14-15)17(3)23-22(25)18-9-11-19(12-10-18)24(4)29(26,27)21-6-5-13-28-21/h5-14,17H,1-4H3,(H,23,25). The molecule has 1 N–H and O–H groups in total. The van der Waals surface area contributed by atoms with Gasteiger partial charge in [-0.15, -0.1) is 11.3 Å². The number of thiophene rings is 1. The van der Waals surface area contributed by atoms with Gasteiger partial charge in [-0.05, 0) is 67.6 Å². The normalized spacial score (nSPS) is 12.4. The third-order valence-corrected chi connectivity index (χ3v) is 8.01. The van der Waals surface area contributed by atoms with Crippen molar-refractivity contribution in [3.05, 3.63) is 82.2 Å². The lowest BCUT2D eigenvalue weighted by molar-refractivity contribution is 0.0940. The Hall–Kier alpha value is -2.64. The zero-order chi connectivity index (χ0) is 21.2. The van der Waals surface area contributed by atoms with Crippen molar-refractivity contribution in [2.24, 2.45) is 0 Å². The van der Waals surface area contributed by atoms with Gasteiger partial charge in [0.2, 0.25) is 0 Å². The molecule has 7 heteroatoms. The summed E-state index contributed by atoms with van der Waals surface area (Å²) in [5.74, 6) is -0.200. The lowest BCUT2D eigenvalue weighted by Gasteiger charge is -2.19. The molecule has 0 aliphatic carbocycles. The van der Waals surface area contributed by atoms with E-state index >= 15 is 0 Å². The zero-order valence-corrected chi connectivity index (χ0v) is 18.5. The van der Waals surface area contributed by atoms with E-state index in [1.807, 2.05) is 32.9 Å². The number of hydrogen-bond donors (Lipinski definition) is 1. The Morgan fingerprint density at radius 2 is 1.76 bits per heavy atom. The Bertz CT molecular complexity index is 1110. The van der Waals surface area contributed by atoms with E-state index in [9.17, 15) is 13.2 Å². The number of rotatable bonds is 6. The molecule has 5 nitrogen and oxygen atoms in total. The molecule has 1 heterocycles. The summed E-state index contributed by atoms with van der Waals surface area (Å²) < 4.78 is 26.8. The predicted molar refractivity (Wildman–Crippen MR) is 118 cm³/mol. The first-order chi connectivity index (χ1) is 13.7. The Morgan fingerprint density at radius 1 is 1.07 bits per heavy atom. The molecule has 0 fully saturated rings. The van der Waals surface area contributed by atoms with Crippen LogP contribution in [0.15, 0.2) is 64.2 Å². The number of nitrogens with zero attached hydrogens (tertiary/aromatic N) is 1. The fraction of sp³-hybridized carbons (Fsp3) is 0.227. The van der Waals surface area contributed by atoms with Gasteiger partial charge in [0, 0.05) is 12.6 Å². The summed E-state index contributed by atoms with van der Waals surface area (Å²) in [6.07, 6.45) is 0. The van der Waals surface area contributed by atoms with Crippen molar-refractivity contribution >= 4 is 33.0 Å². The number of nitrogens with one attached hydrogen (secondary N) is 1. The molecule has 29 heavy (non-hydrogen) atoms. The molecular weight excluding hydrogens is 404 g/mol. The third-order valence-electron chi connectivity index (χ3n) is 4.85. The van der Waals surface area contributed by atoms with Gasteiger partial charge in [0.1, 0.15) is 4.21 Å². The number of benzene rings is 2. The summed E-state index contributed by atoms with van der Waals surface area (Å²) >= 11 is 1.17. The molecule has 0 radical (unpaired) electrons. The fourth-order valence-corrected chi connectivity index (χ4v) is 5.45. The van der Waals surface area contributed by atoms with Crippen LogP contribution in [-0.2, 0) is 10.0 Å². The van der Waals surface area contributed by atoms with Crippen LogP contribution in [0, 0.1) is 13.8 Å². The third kappa shape index (κ3) is 4.52. The maximum absolute atomic E-state index is 12.6. The maximum Gasteiger partial charge on any atom is 0.273 e. The van der Waals surface area contributed by atoms with E-state index in [1.165, 1.54) is 22.7 Å². The monoisotopic (exact) mass is 428 g/mol. The van der Waals surface area contributed by atoms with Crippen LogP contribution in [0.3, 0.4) is 0 Å². The second-order valence-electron chi connectivity index (χ2n) is 7.01. The maximum atomic E-state index is 12.6. The number of anilines is 1. The van der Waals surface area contributed by atoms with Gasteiger partial charge in [-0.25, -0.2) is 8.42 Å². The summed E-state index contributed by atoms with van der Waals surface area (Å²) in [5.41, 5.74) is 4.33. The summed E-state index contributed by atoms with van der Waals surface area (Å²) in [7, 11) is -2.09. The second kappa shape index (κ2) is 8.39. The Balaban J connectivity index is 1.74. The Labute approximate surface area is 176 Å². The zero-order valence-electron chi connectivity index (χ0n) is 16.8. The van der Waals surface area contributed by atoms with Crippen molar-refractivity contribution in [2.75, 3.05) is 11.4 Å². The predicted octanol–water partition coefficient (Wildman–Crippen LogP) is 4.68. The highest BCUT2D eigenvalue weighted by atomic mass is 32.2. The Morgan fingerprint density at radius 3 is 2.38 bits per heavy atom. The quantitative estimate of drug-likeness (QED) is 0.620. The second-order valence-corrected chi connectivity index (χ2v) is 10.2. The van der Waals surface area contributed by atoms with Gasteiger partial charge in [0.15, 0.2) is 0 Å². The van der Waals surface area contributed by atoms with E-state index in [4.69, 9.17) is 0 Å². The Kier molecular flexibility index (Phi) is 6.10. The van der Waals surface area contributed by atoms with E-state index in [0.29, 0.717) is 11.3 Å². The van der Waals surface area contributed by atoms with Crippen LogP contribution in [-0.4, -0.2) is 21.4 Å². The fourth-order valence-electron chi connectivity index (χ4n) is 3.09. The van der Waals surface area contributed by atoms with Gasteiger partial charge < -0.3 is 5.32 Å². The number of amides is 1. The first kappa shape index (κ1) is 21.1. The minimum Gasteiger partial charge on any atom is -0.346 e. The lowest BCUT2D eigenvalue weighted by atomic mass is 9.99. The first-order valence-electron chi connectivity index (χ1n) is 9.20. The lowest BCUT2D eigenvalue weighted by Crippen LogP contribution is -2.28. The molecule has 1 unspecified atom stereocenters. The number of sulfonamides is 1. The first-order valence-corrected chi connectivity index (χ1v) is 11.5. The van der Waals surface area contributed by atoms with Crippen LogP contribution in [0.25, 0.3) is 0 Å². The minimum absolute atomic E-state index is 0.135. The molecule has 3 aromatic rings. The summed E-state index contributed by atoms with van der Waals surface area (Å²) in [6.45, 7) is 6.00. The number of aryl methyl sites for hydroxylation is 2. The largest absolute Gasteiger partial charge is 0.346 e. The molecule has 0 bridgehead atoms. The van der Waals surface area contributed by atoms with Crippen molar-refractivity contribution in [3.8, 4) is 0 Å². The van der Waals surface area contributed by atoms with E-state index in [1.54, 1.807) is 41.8 Å². The van der Waals surface area contributed by atoms with Crippen LogP contribution >= 0.6 is 11.3 Å². The van der Waals surface area contributed by atoms with E-state index in [-0.39, 0.29) is 16.2 Å². The summed E-state index contributed by atoms with van der Waals surface area (Å²) in [5, 5.41) is 4.74. The number of hydrogen-bond acceptors (Lipinski definition) is 4. The smallest absolute Gasteiger partial charge is 0.273 e. The highest BCUT2D eigenvalue weighted by Gasteiger charge is 2.22. The molecule has 0 saturated carbocycles. The van der Waals surface area contributed by atoms with Gasteiger partial charge >= 0.3 is 0 Å². The van der Waals surface area contributed by atoms with E-state index < -0.39 is 10.0 Å². The molecule has 1 atom stereocenters. The SMILES string of the molecule is Cc1ccc(C)c(C(C)NC(=O)c2ccc(N(C)S(=O)(=O)c3cccs3)cc2)c1. The molecule has 0 aliphatic rings. The summed E-state index contributed by atoms with van der Waals surface area (Å²) in [6, 6.07) is 15.9. The molecular formula is C22H24N2O3S2. The molecule has 2 aromatic carbocycles.